The van der Waals surface area contributed by atoms with Crippen LogP contribution in [0.4, 0.5) is 11.4 Å². The second-order valence-electron chi connectivity index (χ2n) is 6.81. The molecule has 0 atom stereocenters. The third-order valence-electron chi connectivity index (χ3n) is 4.70. The number of nitrogens with zero attached hydrogens (tertiary/aromatic N) is 4. The van der Waals surface area contributed by atoms with Crippen molar-refractivity contribution in [2.45, 2.75) is 26.7 Å². The molecule has 1 N–H and O–H groups in total. The number of hydrogen-bond acceptors (Lipinski definition) is 7. The first-order valence-corrected chi connectivity index (χ1v) is 9.62. The van der Waals surface area contributed by atoms with E-state index in [1.54, 1.807) is 13.3 Å². The van der Waals surface area contributed by atoms with Crippen LogP contribution in [0.15, 0.2) is 47.1 Å². The van der Waals surface area contributed by atoms with Crippen molar-refractivity contribution in [3.63, 3.8) is 0 Å². The van der Waals surface area contributed by atoms with Crippen molar-refractivity contribution in [3.05, 3.63) is 59.7 Å². The molecule has 4 aromatic rings. The minimum atomic E-state index is 0.417. The van der Waals surface area contributed by atoms with Crippen LogP contribution in [0.1, 0.15) is 24.0 Å². The van der Waals surface area contributed by atoms with Gasteiger partial charge >= 0.3 is 0 Å². The van der Waals surface area contributed by atoms with E-state index in [9.17, 15) is 0 Å². The lowest BCUT2D eigenvalue weighted by Gasteiger charge is -2.13. The lowest BCUT2D eigenvalue weighted by Crippen LogP contribution is -1.99. The van der Waals surface area contributed by atoms with E-state index in [-0.39, 0.29) is 0 Å². The van der Waals surface area contributed by atoms with Crippen LogP contribution in [0.25, 0.3) is 22.5 Å². The standard InChI is InChI=1S/C22H23N5O2/c1-4-15-6-5-7-16(12-15)25-20-17-9-8-14(2)24-21(17)23-13-18(20)22-26-19(27-29-22)10-11-28-3/h5-9,12-13H,4,10-11H2,1-3H3,(H,23,24,25). The third-order valence-corrected chi connectivity index (χ3v) is 4.70. The van der Waals surface area contributed by atoms with Gasteiger partial charge in [0, 0.05) is 36.5 Å². The highest BCUT2D eigenvalue weighted by molar-refractivity contribution is 5.98. The average molecular weight is 389 g/mol. The van der Waals surface area contributed by atoms with Gasteiger partial charge in [0.2, 0.25) is 0 Å². The summed E-state index contributed by atoms with van der Waals surface area (Å²) in [6.45, 7) is 4.62. The fraction of sp³-hybridized carbons (Fsp3) is 0.273. The summed E-state index contributed by atoms with van der Waals surface area (Å²) in [6.07, 6.45) is 3.28. The summed E-state index contributed by atoms with van der Waals surface area (Å²) >= 11 is 0. The maximum Gasteiger partial charge on any atom is 0.261 e. The SMILES string of the molecule is CCc1cccc(Nc2c(-c3nc(CCOC)no3)cnc3nc(C)ccc23)c1. The molecule has 0 aliphatic heterocycles. The zero-order chi connectivity index (χ0) is 20.2. The Morgan fingerprint density at radius 2 is 2.03 bits per heavy atom. The molecule has 4 rings (SSSR count). The van der Waals surface area contributed by atoms with E-state index < -0.39 is 0 Å². The van der Waals surface area contributed by atoms with E-state index in [1.165, 1.54) is 5.56 Å². The minimum Gasteiger partial charge on any atom is -0.384 e. The maximum atomic E-state index is 5.53. The Hall–Kier alpha value is -3.32. The van der Waals surface area contributed by atoms with Crippen LogP contribution in [-0.4, -0.2) is 33.8 Å². The number of methoxy groups -OCH3 is 1. The van der Waals surface area contributed by atoms with Gasteiger partial charge in [-0.05, 0) is 43.2 Å². The van der Waals surface area contributed by atoms with E-state index in [2.05, 4.69) is 44.5 Å². The molecule has 148 valence electrons. The Balaban J connectivity index is 1.82. The van der Waals surface area contributed by atoms with E-state index in [0.29, 0.717) is 30.4 Å². The number of aromatic nitrogens is 4. The van der Waals surface area contributed by atoms with Gasteiger partial charge in [-0.25, -0.2) is 9.97 Å². The molecule has 0 bridgehead atoms. The lowest BCUT2D eigenvalue weighted by atomic mass is 10.1. The van der Waals surface area contributed by atoms with Gasteiger partial charge in [0.15, 0.2) is 11.5 Å². The number of rotatable bonds is 7. The van der Waals surface area contributed by atoms with Gasteiger partial charge in [-0.3, -0.25) is 0 Å². The van der Waals surface area contributed by atoms with Crippen LogP contribution in [0.2, 0.25) is 0 Å². The van der Waals surface area contributed by atoms with Crippen LogP contribution in [-0.2, 0) is 17.6 Å². The van der Waals surface area contributed by atoms with E-state index in [4.69, 9.17) is 9.26 Å². The molecule has 0 radical (unpaired) electrons. The number of hydrogen-bond donors (Lipinski definition) is 1. The Morgan fingerprint density at radius 3 is 2.86 bits per heavy atom. The molecule has 0 saturated carbocycles. The van der Waals surface area contributed by atoms with Gasteiger partial charge < -0.3 is 14.6 Å². The van der Waals surface area contributed by atoms with Gasteiger partial charge in [-0.2, -0.15) is 4.98 Å². The summed E-state index contributed by atoms with van der Waals surface area (Å²) in [7, 11) is 1.65. The normalized spacial score (nSPS) is 11.1. The molecule has 1 aromatic carbocycles. The van der Waals surface area contributed by atoms with Gasteiger partial charge in [0.05, 0.1) is 17.9 Å². The van der Waals surface area contributed by atoms with Crippen molar-refractivity contribution in [3.8, 4) is 11.5 Å². The molecule has 0 amide bonds. The van der Waals surface area contributed by atoms with E-state index in [0.717, 1.165) is 34.4 Å². The number of nitrogens with one attached hydrogen (secondary N) is 1. The van der Waals surface area contributed by atoms with Crippen LogP contribution in [0.3, 0.4) is 0 Å². The predicted octanol–water partition coefficient (Wildman–Crippen LogP) is 4.48. The van der Waals surface area contributed by atoms with Crippen LogP contribution in [0.5, 0.6) is 0 Å². The monoisotopic (exact) mass is 389 g/mol. The van der Waals surface area contributed by atoms with Gasteiger partial charge in [0.25, 0.3) is 5.89 Å². The highest BCUT2D eigenvalue weighted by atomic mass is 16.5. The zero-order valence-electron chi connectivity index (χ0n) is 16.8. The van der Waals surface area contributed by atoms with Gasteiger partial charge in [0.1, 0.15) is 0 Å². The molecule has 7 nitrogen and oxygen atoms in total. The molecule has 0 unspecified atom stereocenters. The molecule has 29 heavy (non-hydrogen) atoms. The second-order valence-corrected chi connectivity index (χ2v) is 6.81. The van der Waals surface area contributed by atoms with Crippen LogP contribution < -0.4 is 5.32 Å². The van der Waals surface area contributed by atoms with Crippen LogP contribution >= 0.6 is 0 Å². The highest BCUT2D eigenvalue weighted by Crippen LogP contribution is 2.34. The highest BCUT2D eigenvalue weighted by Gasteiger charge is 2.18. The number of fused-ring (bicyclic) bond motifs is 1. The van der Waals surface area contributed by atoms with Crippen molar-refractivity contribution < 1.29 is 9.26 Å². The summed E-state index contributed by atoms with van der Waals surface area (Å²) in [5.74, 6) is 1.02. The van der Waals surface area contributed by atoms with Gasteiger partial charge in [-0.1, -0.05) is 24.2 Å². The maximum absolute atomic E-state index is 5.53. The molecule has 0 saturated heterocycles. The first kappa shape index (κ1) is 19.0. The van der Waals surface area contributed by atoms with Crippen molar-refractivity contribution in [1.82, 2.24) is 20.1 Å². The fourth-order valence-electron chi connectivity index (χ4n) is 3.14. The molecule has 0 fully saturated rings. The van der Waals surface area contributed by atoms with Crippen molar-refractivity contribution >= 4 is 22.4 Å². The third kappa shape index (κ3) is 4.09. The molecular formula is C22H23N5O2. The predicted molar refractivity (Wildman–Crippen MR) is 112 cm³/mol. The first-order valence-electron chi connectivity index (χ1n) is 9.62. The van der Waals surface area contributed by atoms with Crippen molar-refractivity contribution in [2.75, 3.05) is 19.0 Å². The number of pyridine rings is 2. The number of aryl methyl sites for hydroxylation is 2. The average Bonchev–Trinajstić information content (AvgIpc) is 3.21. The Bertz CT molecular complexity index is 1140. The van der Waals surface area contributed by atoms with Crippen molar-refractivity contribution in [2.24, 2.45) is 0 Å². The number of ether oxygens (including phenoxy) is 1. The molecular weight excluding hydrogens is 366 g/mol. The van der Waals surface area contributed by atoms with Gasteiger partial charge in [-0.15, -0.1) is 0 Å². The smallest absolute Gasteiger partial charge is 0.261 e. The Morgan fingerprint density at radius 1 is 1.14 bits per heavy atom. The first-order chi connectivity index (χ1) is 14.2. The Kier molecular flexibility index (Phi) is 5.48. The fourth-order valence-corrected chi connectivity index (χ4v) is 3.14. The lowest BCUT2D eigenvalue weighted by molar-refractivity contribution is 0.199. The molecule has 0 aliphatic carbocycles. The summed E-state index contributed by atoms with van der Waals surface area (Å²) in [5, 5.41) is 8.49. The minimum absolute atomic E-state index is 0.417. The molecule has 0 spiro atoms. The zero-order valence-corrected chi connectivity index (χ0v) is 16.8. The second kappa shape index (κ2) is 8.36. The largest absolute Gasteiger partial charge is 0.384 e. The van der Waals surface area contributed by atoms with Crippen LogP contribution in [0, 0.1) is 6.92 Å². The molecule has 3 aromatic heterocycles. The molecule has 3 heterocycles. The number of anilines is 2. The summed E-state index contributed by atoms with van der Waals surface area (Å²) < 4.78 is 10.6. The quantitative estimate of drug-likeness (QED) is 0.498. The summed E-state index contributed by atoms with van der Waals surface area (Å²) in [6, 6.07) is 12.3. The van der Waals surface area contributed by atoms with E-state index in [1.807, 2.05) is 31.2 Å². The summed E-state index contributed by atoms with van der Waals surface area (Å²) in [4.78, 5) is 13.6. The molecule has 7 heteroatoms. The topological polar surface area (TPSA) is 86.0 Å². The summed E-state index contributed by atoms with van der Waals surface area (Å²) in [5.41, 5.74) is 5.40. The Labute approximate surface area is 169 Å². The van der Waals surface area contributed by atoms with E-state index >= 15 is 0 Å². The number of benzene rings is 1. The van der Waals surface area contributed by atoms with Crippen molar-refractivity contribution in [1.29, 1.82) is 0 Å². The molecule has 0 aliphatic rings.